The molecule has 1 aromatic heterocycles. The van der Waals surface area contributed by atoms with E-state index < -0.39 is 0 Å². The summed E-state index contributed by atoms with van der Waals surface area (Å²) in [6.07, 6.45) is 3.43. The van der Waals surface area contributed by atoms with E-state index in [1.807, 2.05) is 46.8 Å². The van der Waals surface area contributed by atoms with Crippen LogP contribution in [0.1, 0.15) is 41.7 Å². The standard InChI is InChI=1S/C30H31NO3/c1-7-33-29-22(6)30-26(27(17-34-30)23-10-8-18(2)9-11-23)16-25(29)21(5)15-28(32)31-24-13-19(3)12-20(4)14-24/h8-17H,7H2,1-6H3,(H,31,32)/b21-15+. The number of hydrogen-bond acceptors (Lipinski definition) is 3. The molecule has 0 unspecified atom stereocenters. The van der Waals surface area contributed by atoms with Gasteiger partial charge in [-0.1, -0.05) is 35.9 Å². The predicted molar refractivity (Wildman–Crippen MR) is 140 cm³/mol. The van der Waals surface area contributed by atoms with Crippen LogP contribution in [-0.4, -0.2) is 12.5 Å². The molecular weight excluding hydrogens is 422 g/mol. The van der Waals surface area contributed by atoms with Crippen molar-refractivity contribution in [2.24, 2.45) is 0 Å². The van der Waals surface area contributed by atoms with Gasteiger partial charge in [-0.05, 0) is 82.0 Å². The van der Waals surface area contributed by atoms with E-state index in [1.54, 1.807) is 12.3 Å². The molecule has 1 N–H and O–H groups in total. The molecule has 1 heterocycles. The van der Waals surface area contributed by atoms with Gasteiger partial charge in [-0.25, -0.2) is 0 Å². The molecule has 0 aliphatic carbocycles. The summed E-state index contributed by atoms with van der Waals surface area (Å²) in [7, 11) is 0. The van der Waals surface area contributed by atoms with E-state index in [9.17, 15) is 4.79 Å². The Morgan fingerprint density at radius 3 is 2.29 bits per heavy atom. The van der Waals surface area contributed by atoms with Crippen LogP contribution in [0.5, 0.6) is 5.75 Å². The molecule has 0 aliphatic rings. The summed E-state index contributed by atoms with van der Waals surface area (Å²) >= 11 is 0. The zero-order chi connectivity index (χ0) is 24.4. The normalized spacial score (nSPS) is 11.6. The summed E-state index contributed by atoms with van der Waals surface area (Å²) in [5, 5.41) is 3.99. The fourth-order valence-electron chi connectivity index (χ4n) is 4.40. The third-order valence-electron chi connectivity index (χ3n) is 5.96. The Labute approximate surface area is 201 Å². The Bertz CT molecular complexity index is 1370. The third kappa shape index (κ3) is 4.76. The zero-order valence-corrected chi connectivity index (χ0v) is 20.7. The van der Waals surface area contributed by atoms with E-state index in [1.165, 1.54) is 5.56 Å². The lowest BCUT2D eigenvalue weighted by Gasteiger charge is -2.15. The van der Waals surface area contributed by atoms with Crippen LogP contribution in [0.3, 0.4) is 0 Å². The highest BCUT2D eigenvalue weighted by molar-refractivity contribution is 6.06. The quantitative estimate of drug-likeness (QED) is 0.303. The number of rotatable bonds is 6. The van der Waals surface area contributed by atoms with Crippen LogP contribution in [-0.2, 0) is 4.79 Å². The molecule has 0 radical (unpaired) electrons. The zero-order valence-electron chi connectivity index (χ0n) is 20.7. The number of hydrogen-bond donors (Lipinski definition) is 1. The molecule has 0 bridgehead atoms. The number of carbonyl (C=O) groups excluding carboxylic acids is 1. The Balaban J connectivity index is 1.77. The van der Waals surface area contributed by atoms with E-state index in [0.29, 0.717) is 6.61 Å². The van der Waals surface area contributed by atoms with Gasteiger partial charge >= 0.3 is 0 Å². The summed E-state index contributed by atoms with van der Waals surface area (Å²) < 4.78 is 12.0. The highest BCUT2D eigenvalue weighted by Crippen LogP contribution is 2.40. The Hall–Kier alpha value is -3.79. The average Bonchev–Trinajstić information content (AvgIpc) is 3.19. The molecule has 4 aromatic rings. The van der Waals surface area contributed by atoms with Gasteiger partial charge in [0.15, 0.2) is 0 Å². The van der Waals surface area contributed by atoms with Crippen LogP contribution in [0.2, 0.25) is 0 Å². The van der Waals surface area contributed by atoms with Gasteiger partial charge in [-0.2, -0.15) is 0 Å². The Morgan fingerprint density at radius 2 is 1.65 bits per heavy atom. The monoisotopic (exact) mass is 453 g/mol. The number of aryl methyl sites for hydroxylation is 4. The van der Waals surface area contributed by atoms with Crippen LogP contribution in [0.25, 0.3) is 27.7 Å². The lowest BCUT2D eigenvalue weighted by atomic mass is 9.96. The first kappa shape index (κ1) is 23.4. The van der Waals surface area contributed by atoms with Crippen molar-refractivity contribution >= 4 is 28.1 Å². The largest absolute Gasteiger partial charge is 0.493 e. The molecule has 174 valence electrons. The van der Waals surface area contributed by atoms with E-state index >= 15 is 0 Å². The van der Waals surface area contributed by atoms with Crippen molar-refractivity contribution in [3.05, 3.63) is 88.7 Å². The molecule has 4 heteroatoms. The first-order valence-corrected chi connectivity index (χ1v) is 11.6. The number of benzene rings is 3. The van der Waals surface area contributed by atoms with Crippen LogP contribution < -0.4 is 10.1 Å². The van der Waals surface area contributed by atoms with Crippen LogP contribution in [0.15, 0.2) is 65.3 Å². The van der Waals surface area contributed by atoms with Crippen LogP contribution in [0.4, 0.5) is 5.69 Å². The smallest absolute Gasteiger partial charge is 0.248 e. The second kappa shape index (κ2) is 9.60. The predicted octanol–water partition coefficient (Wildman–Crippen LogP) is 7.77. The van der Waals surface area contributed by atoms with Gasteiger partial charge in [0, 0.05) is 33.8 Å². The molecule has 3 aromatic carbocycles. The molecule has 34 heavy (non-hydrogen) atoms. The minimum absolute atomic E-state index is 0.173. The highest BCUT2D eigenvalue weighted by Gasteiger charge is 2.19. The molecule has 0 spiro atoms. The number of carbonyl (C=O) groups is 1. The summed E-state index contributed by atoms with van der Waals surface area (Å²) in [5.74, 6) is 0.571. The van der Waals surface area contributed by atoms with Gasteiger partial charge < -0.3 is 14.5 Å². The van der Waals surface area contributed by atoms with Gasteiger partial charge in [-0.15, -0.1) is 0 Å². The van der Waals surface area contributed by atoms with E-state index in [2.05, 4.69) is 48.6 Å². The summed E-state index contributed by atoms with van der Waals surface area (Å²) in [5.41, 5.74) is 9.77. The molecule has 0 aliphatic heterocycles. The number of ether oxygens (including phenoxy) is 1. The van der Waals surface area contributed by atoms with Crippen molar-refractivity contribution in [2.75, 3.05) is 11.9 Å². The van der Waals surface area contributed by atoms with Gasteiger partial charge in [-0.3, -0.25) is 4.79 Å². The number of fused-ring (bicyclic) bond motifs is 1. The van der Waals surface area contributed by atoms with Crippen molar-refractivity contribution in [1.29, 1.82) is 0 Å². The molecule has 0 saturated heterocycles. The van der Waals surface area contributed by atoms with Gasteiger partial charge in [0.2, 0.25) is 5.91 Å². The number of anilines is 1. The molecule has 0 saturated carbocycles. The van der Waals surface area contributed by atoms with Crippen molar-refractivity contribution in [1.82, 2.24) is 0 Å². The molecule has 1 amide bonds. The van der Waals surface area contributed by atoms with Crippen LogP contribution >= 0.6 is 0 Å². The first-order chi connectivity index (χ1) is 16.3. The van der Waals surface area contributed by atoms with Crippen LogP contribution in [0, 0.1) is 27.7 Å². The summed E-state index contributed by atoms with van der Waals surface area (Å²) in [6.45, 7) is 12.5. The number of amides is 1. The minimum atomic E-state index is -0.173. The average molecular weight is 454 g/mol. The van der Waals surface area contributed by atoms with Gasteiger partial charge in [0.05, 0.1) is 12.9 Å². The maximum absolute atomic E-state index is 12.9. The van der Waals surface area contributed by atoms with E-state index in [4.69, 9.17) is 9.15 Å². The van der Waals surface area contributed by atoms with Crippen molar-refractivity contribution < 1.29 is 13.9 Å². The summed E-state index contributed by atoms with van der Waals surface area (Å²) in [4.78, 5) is 12.9. The second-order valence-corrected chi connectivity index (χ2v) is 8.90. The molecule has 4 nitrogen and oxygen atoms in total. The number of nitrogens with one attached hydrogen (secondary N) is 1. The minimum Gasteiger partial charge on any atom is -0.493 e. The van der Waals surface area contributed by atoms with Gasteiger partial charge in [0.1, 0.15) is 11.3 Å². The Kier molecular flexibility index (Phi) is 6.60. The highest BCUT2D eigenvalue weighted by atomic mass is 16.5. The molecular formula is C30H31NO3. The van der Waals surface area contributed by atoms with Crippen molar-refractivity contribution in [3.63, 3.8) is 0 Å². The lowest BCUT2D eigenvalue weighted by Crippen LogP contribution is -2.09. The van der Waals surface area contributed by atoms with E-state index in [0.717, 1.165) is 61.4 Å². The molecule has 0 fully saturated rings. The number of allylic oxidation sites excluding steroid dienone is 1. The molecule has 0 atom stereocenters. The Morgan fingerprint density at radius 1 is 0.971 bits per heavy atom. The van der Waals surface area contributed by atoms with Crippen molar-refractivity contribution in [2.45, 2.75) is 41.5 Å². The molecule has 4 rings (SSSR count). The maximum Gasteiger partial charge on any atom is 0.248 e. The summed E-state index contributed by atoms with van der Waals surface area (Å²) in [6, 6.07) is 16.5. The third-order valence-corrected chi connectivity index (χ3v) is 5.96. The maximum atomic E-state index is 12.9. The first-order valence-electron chi connectivity index (χ1n) is 11.6. The second-order valence-electron chi connectivity index (χ2n) is 8.90. The SMILES string of the molecule is CCOc1c(/C(C)=C/C(=O)Nc2cc(C)cc(C)c2)cc2c(-c3ccc(C)cc3)coc2c1C. The fourth-order valence-corrected chi connectivity index (χ4v) is 4.40. The number of furan rings is 1. The topological polar surface area (TPSA) is 51.5 Å². The van der Waals surface area contributed by atoms with E-state index in [-0.39, 0.29) is 5.91 Å². The fraction of sp³-hybridized carbons (Fsp3) is 0.233. The van der Waals surface area contributed by atoms with Gasteiger partial charge in [0.25, 0.3) is 0 Å². The van der Waals surface area contributed by atoms with Crippen molar-refractivity contribution in [3.8, 4) is 16.9 Å². The lowest BCUT2D eigenvalue weighted by molar-refractivity contribution is -0.111.